The number of carbonyl (C=O) groups is 1. The van der Waals surface area contributed by atoms with Gasteiger partial charge >= 0.3 is 5.97 Å². The Kier molecular flexibility index (Phi) is 4.36. The normalized spacial score (nSPS) is 10.4. The van der Waals surface area contributed by atoms with E-state index in [1.807, 2.05) is 0 Å². The number of aliphatic imine (C=N–C) groups is 1. The summed E-state index contributed by atoms with van der Waals surface area (Å²) < 4.78 is 4.59. The Bertz CT molecular complexity index is 497. The third kappa shape index (κ3) is 3.27. The second-order valence-corrected chi connectivity index (χ2v) is 3.66. The van der Waals surface area contributed by atoms with Crippen LogP contribution in [0.1, 0.15) is 10.4 Å². The first kappa shape index (κ1) is 13.6. The summed E-state index contributed by atoms with van der Waals surface area (Å²) in [6, 6.07) is 3.79. The standard InChI is InChI=1S/C11H13N3O4/c1-13(2)7-12-10-6-8(14(16)17)4-5-9(10)11(15)18-3/h4-7H,1-3H3. The molecule has 0 saturated heterocycles. The number of hydrogen-bond donors (Lipinski definition) is 0. The maximum absolute atomic E-state index is 11.5. The number of esters is 1. The number of carbonyl (C=O) groups excluding carboxylic acids is 1. The Morgan fingerprint density at radius 1 is 1.50 bits per heavy atom. The van der Waals surface area contributed by atoms with Gasteiger partial charge in [0.1, 0.15) is 0 Å². The molecule has 0 aliphatic heterocycles. The summed E-state index contributed by atoms with van der Waals surface area (Å²) in [7, 11) is 4.74. The third-order valence-electron chi connectivity index (χ3n) is 2.03. The van der Waals surface area contributed by atoms with E-state index in [0.717, 1.165) is 0 Å². The molecular weight excluding hydrogens is 238 g/mol. The molecule has 0 aliphatic rings. The van der Waals surface area contributed by atoms with Gasteiger partial charge in [-0.15, -0.1) is 0 Å². The molecule has 1 rings (SSSR count). The summed E-state index contributed by atoms with van der Waals surface area (Å²) in [5.74, 6) is -0.587. The number of hydrogen-bond acceptors (Lipinski definition) is 5. The van der Waals surface area contributed by atoms with Gasteiger partial charge in [-0.2, -0.15) is 0 Å². The van der Waals surface area contributed by atoms with Crippen molar-refractivity contribution in [2.75, 3.05) is 21.2 Å². The van der Waals surface area contributed by atoms with Crippen molar-refractivity contribution in [3.8, 4) is 0 Å². The van der Waals surface area contributed by atoms with E-state index in [4.69, 9.17) is 0 Å². The molecule has 0 fully saturated rings. The maximum atomic E-state index is 11.5. The van der Waals surface area contributed by atoms with Gasteiger partial charge in [-0.05, 0) is 6.07 Å². The first-order valence-electron chi connectivity index (χ1n) is 5.03. The number of ether oxygens (including phenoxy) is 1. The fourth-order valence-electron chi connectivity index (χ4n) is 1.20. The highest BCUT2D eigenvalue weighted by Crippen LogP contribution is 2.25. The zero-order valence-corrected chi connectivity index (χ0v) is 10.3. The molecule has 1 aromatic carbocycles. The van der Waals surface area contributed by atoms with Crippen molar-refractivity contribution in [3.05, 3.63) is 33.9 Å². The lowest BCUT2D eigenvalue weighted by atomic mass is 10.1. The Hall–Kier alpha value is -2.44. The first-order chi connectivity index (χ1) is 8.45. The number of nitro benzene ring substituents is 1. The first-order valence-corrected chi connectivity index (χ1v) is 5.03. The van der Waals surface area contributed by atoms with Crippen LogP contribution in [0.25, 0.3) is 0 Å². The smallest absolute Gasteiger partial charge is 0.340 e. The van der Waals surface area contributed by atoms with Crippen molar-refractivity contribution >= 4 is 23.7 Å². The quantitative estimate of drug-likeness (QED) is 0.267. The molecule has 0 atom stereocenters. The van der Waals surface area contributed by atoms with Crippen LogP contribution in [-0.2, 0) is 4.74 Å². The lowest BCUT2D eigenvalue weighted by molar-refractivity contribution is -0.384. The highest BCUT2D eigenvalue weighted by atomic mass is 16.6. The second-order valence-electron chi connectivity index (χ2n) is 3.66. The van der Waals surface area contributed by atoms with Crippen molar-refractivity contribution in [2.45, 2.75) is 0 Å². The van der Waals surface area contributed by atoms with Crippen LogP contribution in [-0.4, -0.2) is 43.3 Å². The third-order valence-corrected chi connectivity index (χ3v) is 2.03. The van der Waals surface area contributed by atoms with E-state index in [1.54, 1.807) is 19.0 Å². The second kappa shape index (κ2) is 5.76. The lowest BCUT2D eigenvalue weighted by Gasteiger charge is -2.06. The van der Waals surface area contributed by atoms with Gasteiger partial charge in [-0.3, -0.25) is 10.1 Å². The maximum Gasteiger partial charge on any atom is 0.340 e. The van der Waals surface area contributed by atoms with Crippen LogP contribution in [0.3, 0.4) is 0 Å². The average molecular weight is 251 g/mol. The number of nitro groups is 1. The number of benzene rings is 1. The summed E-state index contributed by atoms with van der Waals surface area (Å²) in [6.07, 6.45) is 1.45. The molecule has 0 spiro atoms. The van der Waals surface area contributed by atoms with Crippen LogP contribution in [0.15, 0.2) is 23.2 Å². The van der Waals surface area contributed by atoms with E-state index in [1.165, 1.54) is 31.6 Å². The van der Waals surface area contributed by atoms with Crippen LogP contribution in [0, 0.1) is 10.1 Å². The summed E-state index contributed by atoms with van der Waals surface area (Å²) >= 11 is 0. The van der Waals surface area contributed by atoms with E-state index in [9.17, 15) is 14.9 Å². The van der Waals surface area contributed by atoms with Crippen LogP contribution in [0.4, 0.5) is 11.4 Å². The summed E-state index contributed by atoms with van der Waals surface area (Å²) in [5, 5.41) is 10.7. The van der Waals surface area contributed by atoms with Gasteiger partial charge in [-0.25, -0.2) is 9.79 Å². The fourth-order valence-corrected chi connectivity index (χ4v) is 1.20. The van der Waals surface area contributed by atoms with E-state index in [2.05, 4.69) is 9.73 Å². The van der Waals surface area contributed by atoms with Crippen LogP contribution >= 0.6 is 0 Å². The molecule has 0 radical (unpaired) electrons. The van der Waals surface area contributed by atoms with Crippen LogP contribution in [0.2, 0.25) is 0 Å². The Balaban J connectivity index is 3.26. The minimum absolute atomic E-state index is 0.131. The highest BCUT2D eigenvalue weighted by Gasteiger charge is 2.15. The zero-order valence-electron chi connectivity index (χ0n) is 10.3. The largest absolute Gasteiger partial charge is 0.465 e. The average Bonchev–Trinajstić information content (AvgIpc) is 2.34. The molecule has 1 aromatic rings. The van der Waals surface area contributed by atoms with Crippen LogP contribution < -0.4 is 0 Å². The fraction of sp³-hybridized carbons (Fsp3) is 0.273. The van der Waals surface area contributed by atoms with Crippen molar-refractivity contribution in [1.82, 2.24) is 4.90 Å². The molecule has 0 aromatic heterocycles. The van der Waals surface area contributed by atoms with Crippen molar-refractivity contribution in [3.63, 3.8) is 0 Å². The molecule has 0 saturated carbocycles. The van der Waals surface area contributed by atoms with Gasteiger partial charge in [-0.1, -0.05) is 0 Å². The van der Waals surface area contributed by atoms with Gasteiger partial charge in [0.05, 0.1) is 29.6 Å². The Morgan fingerprint density at radius 3 is 2.67 bits per heavy atom. The summed E-state index contributed by atoms with van der Waals surface area (Å²) in [5.41, 5.74) is 0.250. The van der Waals surface area contributed by atoms with E-state index in [0.29, 0.717) is 0 Å². The van der Waals surface area contributed by atoms with E-state index >= 15 is 0 Å². The van der Waals surface area contributed by atoms with Crippen molar-refractivity contribution < 1.29 is 14.5 Å². The molecule has 0 amide bonds. The number of rotatable bonds is 4. The lowest BCUT2D eigenvalue weighted by Crippen LogP contribution is -2.08. The van der Waals surface area contributed by atoms with Gasteiger partial charge in [0, 0.05) is 26.2 Å². The summed E-state index contributed by atoms with van der Waals surface area (Å²) in [6.45, 7) is 0. The number of non-ortho nitro benzene ring substituents is 1. The van der Waals surface area contributed by atoms with Gasteiger partial charge in [0.15, 0.2) is 0 Å². The molecule has 7 heteroatoms. The topological polar surface area (TPSA) is 85.0 Å². The molecule has 96 valence electrons. The SMILES string of the molecule is COC(=O)c1ccc([N+](=O)[O-])cc1N=CN(C)C. The molecule has 0 bridgehead atoms. The van der Waals surface area contributed by atoms with Gasteiger partial charge in [0.25, 0.3) is 5.69 Å². The predicted molar refractivity (Wildman–Crippen MR) is 66.3 cm³/mol. The molecule has 7 nitrogen and oxygen atoms in total. The zero-order chi connectivity index (χ0) is 13.7. The molecule has 18 heavy (non-hydrogen) atoms. The van der Waals surface area contributed by atoms with E-state index in [-0.39, 0.29) is 16.9 Å². The number of nitrogens with zero attached hydrogens (tertiary/aromatic N) is 3. The van der Waals surface area contributed by atoms with E-state index < -0.39 is 10.9 Å². The minimum Gasteiger partial charge on any atom is -0.465 e. The highest BCUT2D eigenvalue weighted by molar-refractivity contribution is 5.95. The molecule has 0 unspecified atom stereocenters. The Morgan fingerprint density at radius 2 is 2.17 bits per heavy atom. The molecule has 0 N–H and O–H groups in total. The van der Waals surface area contributed by atoms with Crippen molar-refractivity contribution in [2.24, 2.45) is 4.99 Å². The molecule has 0 heterocycles. The summed E-state index contributed by atoms with van der Waals surface area (Å²) in [4.78, 5) is 27.3. The molecular formula is C11H13N3O4. The minimum atomic E-state index is -0.587. The number of methoxy groups -OCH3 is 1. The Labute approximate surface area is 104 Å². The monoisotopic (exact) mass is 251 g/mol. The molecule has 0 aliphatic carbocycles. The van der Waals surface area contributed by atoms with Gasteiger partial charge in [0.2, 0.25) is 0 Å². The predicted octanol–water partition coefficient (Wildman–Crippen LogP) is 1.60. The van der Waals surface area contributed by atoms with Gasteiger partial charge < -0.3 is 9.64 Å². The van der Waals surface area contributed by atoms with Crippen molar-refractivity contribution in [1.29, 1.82) is 0 Å². The van der Waals surface area contributed by atoms with Crippen LogP contribution in [0.5, 0.6) is 0 Å².